The molecule has 4 rings (SSSR count). The molecular weight excluding hydrogens is 432 g/mol. The van der Waals surface area contributed by atoms with Crippen molar-refractivity contribution in [3.63, 3.8) is 0 Å². The highest BCUT2D eigenvalue weighted by atomic mass is 16.5. The normalized spacial score (nSPS) is 11.4. The Bertz CT molecular complexity index is 1200. The van der Waals surface area contributed by atoms with E-state index in [9.17, 15) is 9.59 Å². The van der Waals surface area contributed by atoms with E-state index in [1.165, 1.54) is 17.3 Å². The number of alkyl carbamates (subject to hydrolysis) is 1. The van der Waals surface area contributed by atoms with E-state index in [2.05, 4.69) is 25.7 Å². The van der Waals surface area contributed by atoms with Crippen molar-refractivity contribution in [2.75, 3.05) is 0 Å². The molecule has 2 N–H and O–H groups in total. The first-order valence-electron chi connectivity index (χ1n) is 10.8. The molecule has 0 bridgehead atoms. The predicted molar refractivity (Wildman–Crippen MR) is 125 cm³/mol. The molecule has 172 valence electrons. The summed E-state index contributed by atoms with van der Waals surface area (Å²) in [5, 5.41) is 9.69. The minimum absolute atomic E-state index is 0.114. The number of hydrogen-bond acceptors (Lipinski definition) is 6. The molecule has 9 heteroatoms. The maximum atomic E-state index is 13.1. The van der Waals surface area contributed by atoms with Gasteiger partial charge in [0.1, 0.15) is 25.3 Å². The molecule has 0 spiro atoms. The van der Waals surface area contributed by atoms with Crippen LogP contribution >= 0.6 is 0 Å². The first-order valence-corrected chi connectivity index (χ1v) is 10.8. The van der Waals surface area contributed by atoms with Crippen molar-refractivity contribution in [1.82, 2.24) is 30.4 Å². The number of rotatable bonds is 9. The highest BCUT2D eigenvalue weighted by Gasteiger charge is 2.22. The Morgan fingerprint density at radius 1 is 0.941 bits per heavy atom. The first-order chi connectivity index (χ1) is 16.7. The molecule has 2 aromatic carbocycles. The fourth-order valence-electron chi connectivity index (χ4n) is 3.36. The maximum Gasteiger partial charge on any atom is 0.408 e. The molecule has 0 saturated heterocycles. The zero-order valence-electron chi connectivity index (χ0n) is 18.4. The lowest BCUT2D eigenvalue weighted by Crippen LogP contribution is -2.48. The molecule has 0 aliphatic rings. The van der Waals surface area contributed by atoms with E-state index >= 15 is 0 Å². The second-order valence-electron chi connectivity index (χ2n) is 7.49. The number of pyridine rings is 1. The van der Waals surface area contributed by atoms with E-state index in [0.29, 0.717) is 12.2 Å². The van der Waals surface area contributed by atoms with Gasteiger partial charge in [-0.05, 0) is 17.2 Å². The number of amides is 2. The van der Waals surface area contributed by atoms with E-state index < -0.39 is 12.1 Å². The standard InChI is InChI=1S/C25H24N6O3/c32-24(28-15-21-12-7-13-27-23(21)31-18-26-17-29-31)22(14-19-8-3-1-4-9-19)30-25(33)34-16-20-10-5-2-6-11-20/h1-13,17-18,22H,14-16H2,(H,28,32)(H,30,33)/t22-/m0/s1. The van der Waals surface area contributed by atoms with Crippen molar-refractivity contribution in [2.24, 2.45) is 0 Å². The van der Waals surface area contributed by atoms with Crippen molar-refractivity contribution < 1.29 is 14.3 Å². The largest absolute Gasteiger partial charge is 0.445 e. The van der Waals surface area contributed by atoms with Crippen LogP contribution in [0.1, 0.15) is 16.7 Å². The highest BCUT2D eigenvalue weighted by Crippen LogP contribution is 2.10. The maximum absolute atomic E-state index is 13.1. The predicted octanol–water partition coefficient (Wildman–Crippen LogP) is 2.82. The van der Waals surface area contributed by atoms with Gasteiger partial charge < -0.3 is 15.4 Å². The molecule has 0 saturated carbocycles. The SMILES string of the molecule is O=C(N[C@@H](Cc1ccccc1)C(=O)NCc1cccnc1-n1cncn1)OCc1ccccc1. The van der Waals surface area contributed by atoms with Gasteiger partial charge in [0.2, 0.25) is 5.91 Å². The molecule has 2 amide bonds. The fourth-order valence-corrected chi connectivity index (χ4v) is 3.36. The third kappa shape index (κ3) is 6.26. The quantitative estimate of drug-likeness (QED) is 0.401. The van der Waals surface area contributed by atoms with Gasteiger partial charge in [0.25, 0.3) is 0 Å². The van der Waals surface area contributed by atoms with Crippen LogP contribution in [0.3, 0.4) is 0 Å². The minimum atomic E-state index is -0.822. The van der Waals surface area contributed by atoms with Gasteiger partial charge in [-0.15, -0.1) is 0 Å². The number of ether oxygens (including phenoxy) is 1. The van der Waals surface area contributed by atoms with E-state index in [1.54, 1.807) is 12.3 Å². The van der Waals surface area contributed by atoms with Crippen LogP contribution in [-0.2, 0) is 29.1 Å². The molecule has 2 aromatic heterocycles. The number of carbonyl (C=O) groups excluding carboxylic acids is 2. The summed E-state index contributed by atoms with van der Waals surface area (Å²) in [6.45, 7) is 0.317. The van der Waals surface area contributed by atoms with E-state index in [0.717, 1.165) is 16.7 Å². The lowest BCUT2D eigenvalue weighted by atomic mass is 10.1. The first kappa shape index (κ1) is 22.7. The highest BCUT2D eigenvalue weighted by molar-refractivity contribution is 5.86. The number of carbonyl (C=O) groups is 2. The molecule has 2 heterocycles. The minimum Gasteiger partial charge on any atom is -0.445 e. The Labute approximate surface area is 196 Å². The van der Waals surface area contributed by atoms with Crippen LogP contribution in [0.25, 0.3) is 5.82 Å². The molecule has 0 unspecified atom stereocenters. The smallest absolute Gasteiger partial charge is 0.408 e. The van der Waals surface area contributed by atoms with E-state index in [1.807, 2.05) is 66.7 Å². The van der Waals surface area contributed by atoms with Crippen LogP contribution in [0.4, 0.5) is 4.79 Å². The molecule has 0 radical (unpaired) electrons. The Balaban J connectivity index is 1.42. The van der Waals surface area contributed by atoms with Gasteiger partial charge in [0.15, 0.2) is 5.82 Å². The molecule has 9 nitrogen and oxygen atoms in total. The second kappa shape index (κ2) is 11.4. The van der Waals surface area contributed by atoms with Gasteiger partial charge in [0.05, 0.1) is 0 Å². The summed E-state index contributed by atoms with van der Waals surface area (Å²) in [6, 6.07) is 21.6. The number of hydrogen-bond donors (Lipinski definition) is 2. The number of benzene rings is 2. The molecule has 0 aliphatic heterocycles. The van der Waals surface area contributed by atoms with Crippen molar-refractivity contribution in [2.45, 2.75) is 25.6 Å². The monoisotopic (exact) mass is 456 g/mol. The molecular formula is C25H24N6O3. The molecule has 0 fully saturated rings. The summed E-state index contributed by atoms with van der Waals surface area (Å²) in [6.07, 6.45) is 4.25. The third-order valence-corrected chi connectivity index (χ3v) is 5.06. The van der Waals surface area contributed by atoms with Gasteiger partial charge in [-0.2, -0.15) is 5.10 Å². The number of nitrogens with zero attached hydrogens (tertiary/aromatic N) is 4. The van der Waals surface area contributed by atoms with Gasteiger partial charge in [-0.25, -0.2) is 19.4 Å². The van der Waals surface area contributed by atoms with Crippen LogP contribution in [0.2, 0.25) is 0 Å². The van der Waals surface area contributed by atoms with E-state index in [4.69, 9.17) is 4.74 Å². The summed E-state index contributed by atoms with van der Waals surface area (Å²) >= 11 is 0. The third-order valence-electron chi connectivity index (χ3n) is 5.06. The Morgan fingerprint density at radius 3 is 2.38 bits per heavy atom. The van der Waals surface area contributed by atoms with Crippen molar-refractivity contribution >= 4 is 12.0 Å². The lowest BCUT2D eigenvalue weighted by Gasteiger charge is -2.19. The van der Waals surface area contributed by atoms with Crippen molar-refractivity contribution in [1.29, 1.82) is 0 Å². The number of nitrogens with one attached hydrogen (secondary N) is 2. The summed E-state index contributed by atoms with van der Waals surface area (Å²) in [5.41, 5.74) is 2.53. The van der Waals surface area contributed by atoms with Crippen LogP contribution in [0.15, 0.2) is 91.6 Å². The summed E-state index contributed by atoms with van der Waals surface area (Å²) in [4.78, 5) is 33.8. The summed E-state index contributed by atoms with van der Waals surface area (Å²) < 4.78 is 6.85. The average Bonchev–Trinajstić information content (AvgIpc) is 3.42. The lowest BCUT2D eigenvalue weighted by molar-refractivity contribution is -0.123. The molecule has 34 heavy (non-hydrogen) atoms. The molecule has 4 aromatic rings. The van der Waals surface area contributed by atoms with Gasteiger partial charge in [-0.1, -0.05) is 66.7 Å². The van der Waals surface area contributed by atoms with Crippen LogP contribution in [-0.4, -0.2) is 37.8 Å². The van der Waals surface area contributed by atoms with Gasteiger partial charge >= 0.3 is 6.09 Å². The molecule has 1 atom stereocenters. The van der Waals surface area contributed by atoms with Gasteiger partial charge in [-0.3, -0.25) is 4.79 Å². The second-order valence-corrected chi connectivity index (χ2v) is 7.49. The van der Waals surface area contributed by atoms with Crippen molar-refractivity contribution in [3.8, 4) is 5.82 Å². The van der Waals surface area contributed by atoms with Crippen LogP contribution in [0.5, 0.6) is 0 Å². The Kier molecular flexibility index (Phi) is 7.58. The topological polar surface area (TPSA) is 111 Å². The zero-order chi connectivity index (χ0) is 23.6. The molecule has 0 aliphatic carbocycles. The summed E-state index contributed by atoms with van der Waals surface area (Å²) in [5.74, 6) is 0.226. The fraction of sp³-hybridized carbons (Fsp3) is 0.160. The summed E-state index contributed by atoms with van der Waals surface area (Å²) in [7, 11) is 0. The Hall–Kier alpha value is -4.53. The zero-order valence-corrected chi connectivity index (χ0v) is 18.4. The van der Waals surface area contributed by atoms with Crippen LogP contribution < -0.4 is 10.6 Å². The average molecular weight is 457 g/mol. The van der Waals surface area contributed by atoms with E-state index in [-0.39, 0.29) is 19.1 Å². The van der Waals surface area contributed by atoms with Crippen molar-refractivity contribution in [3.05, 3.63) is 108 Å². The van der Waals surface area contributed by atoms with Crippen LogP contribution in [0, 0.1) is 0 Å². The van der Waals surface area contributed by atoms with Gasteiger partial charge in [0, 0.05) is 24.7 Å². The number of aromatic nitrogens is 4. The Morgan fingerprint density at radius 2 is 1.68 bits per heavy atom.